The summed E-state index contributed by atoms with van der Waals surface area (Å²) in [7, 11) is -0.473. The fourth-order valence-electron chi connectivity index (χ4n) is 3.36. The van der Waals surface area contributed by atoms with Gasteiger partial charge in [0.15, 0.2) is 0 Å². The van der Waals surface area contributed by atoms with E-state index in [1.807, 2.05) is 24.3 Å². The maximum atomic E-state index is 12.6. The molecule has 0 aliphatic carbocycles. The first-order chi connectivity index (χ1) is 13.9. The molecule has 1 heterocycles. The Bertz CT molecular complexity index is 936. The summed E-state index contributed by atoms with van der Waals surface area (Å²) in [5, 5.41) is 0. The molecule has 0 saturated carbocycles. The molecule has 1 N–H and O–H groups in total. The fourth-order valence-corrected chi connectivity index (χ4v) is 4.66. The second kappa shape index (κ2) is 9.28. The second-order valence-corrected chi connectivity index (χ2v) is 8.69. The number of carbonyl (C=O) groups is 1. The average Bonchev–Trinajstić information content (AvgIpc) is 2.74. The van der Waals surface area contributed by atoms with Crippen LogP contribution in [0.25, 0.3) is 0 Å². The molecule has 8 heteroatoms. The minimum atomic E-state index is -3.60. The number of ether oxygens (including phenoxy) is 2. The van der Waals surface area contributed by atoms with Gasteiger partial charge in [0.25, 0.3) is 0 Å². The zero-order valence-corrected chi connectivity index (χ0v) is 17.4. The van der Waals surface area contributed by atoms with Gasteiger partial charge in [-0.05, 0) is 54.8 Å². The van der Waals surface area contributed by atoms with Gasteiger partial charge in [-0.1, -0.05) is 12.1 Å². The molecule has 0 spiro atoms. The lowest BCUT2D eigenvalue weighted by Gasteiger charge is -2.32. The highest BCUT2D eigenvalue weighted by molar-refractivity contribution is 7.89. The molecule has 156 valence electrons. The molecular weight excluding hydrogens is 392 g/mol. The lowest BCUT2D eigenvalue weighted by atomic mass is 10.0. The third kappa shape index (κ3) is 5.48. The molecule has 1 aliphatic heterocycles. The van der Waals surface area contributed by atoms with Gasteiger partial charge in [0.2, 0.25) is 15.9 Å². The Hall–Kier alpha value is -2.58. The van der Waals surface area contributed by atoms with Crippen molar-refractivity contribution in [3.63, 3.8) is 0 Å². The molecule has 1 amide bonds. The number of amides is 1. The predicted octanol–water partition coefficient (Wildman–Crippen LogP) is 2.22. The van der Waals surface area contributed by atoms with Crippen LogP contribution in [0.5, 0.6) is 11.5 Å². The summed E-state index contributed by atoms with van der Waals surface area (Å²) in [4.78, 5) is 14.6. The highest BCUT2D eigenvalue weighted by Gasteiger charge is 2.26. The van der Waals surface area contributed by atoms with Gasteiger partial charge >= 0.3 is 0 Å². The summed E-state index contributed by atoms with van der Waals surface area (Å²) in [5.41, 5.74) is 0.900. The van der Waals surface area contributed by atoms with Crippen molar-refractivity contribution in [3.8, 4) is 11.5 Å². The topological polar surface area (TPSA) is 84.9 Å². The number of piperidine rings is 1. The van der Waals surface area contributed by atoms with Crippen LogP contribution >= 0.6 is 0 Å². The first kappa shape index (κ1) is 21.1. The number of carbonyl (C=O) groups excluding carboxylic acids is 1. The minimum Gasteiger partial charge on any atom is -0.497 e. The molecule has 1 saturated heterocycles. The van der Waals surface area contributed by atoms with Gasteiger partial charge in [-0.3, -0.25) is 4.79 Å². The van der Waals surface area contributed by atoms with Gasteiger partial charge in [-0.2, -0.15) is 0 Å². The SMILES string of the molecule is COc1ccc(S(=O)(=O)NC2CCN(C(=O)Cc3cccc(OC)c3)CC2)cc1. The van der Waals surface area contributed by atoms with E-state index in [9.17, 15) is 13.2 Å². The molecule has 0 bridgehead atoms. The molecular formula is C21H26N2O5S. The highest BCUT2D eigenvalue weighted by atomic mass is 32.2. The maximum Gasteiger partial charge on any atom is 0.240 e. The molecule has 0 atom stereocenters. The monoisotopic (exact) mass is 418 g/mol. The smallest absolute Gasteiger partial charge is 0.240 e. The molecule has 0 aromatic heterocycles. The van der Waals surface area contributed by atoms with Gasteiger partial charge in [0, 0.05) is 19.1 Å². The van der Waals surface area contributed by atoms with Gasteiger partial charge in [-0.25, -0.2) is 13.1 Å². The van der Waals surface area contributed by atoms with Gasteiger partial charge in [0.1, 0.15) is 11.5 Å². The van der Waals surface area contributed by atoms with Crippen molar-refractivity contribution in [1.82, 2.24) is 9.62 Å². The quantitative estimate of drug-likeness (QED) is 0.745. The van der Waals surface area contributed by atoms with E-state index in [1.54, 1.807) is 24.1 Å². The van der Waals surface area contributed by atoms with E-state index in [-0.39, 0.29) is 16.8 Å². The fraction of sp³-hybridized carbons (Fsp3) is 0.381. The van der Waals surface area contributed by atoms with Gasteiger partial charge in [0.05, 0.1) is 25.5 Å². The summed E-state index contributed by atoms with van der Waals surface area (Å²) in [6.45, 7) is 1.05. The molecule has 29 heavy (non-hydrogen) atoms. The number of hydrogen-bond acceptors (Lipinski definition) is 5. The molecule has 1 fully saturated rings. The minimum absolute atomic E-state index is 0.0368. The van der Waals surface area contributed by atoms with Crippen molar-refractivity contribution in [2.75, 3.05) is 27.3 Å². The van der Waals surface area contributed by atoms with Crippen LogP contribution in [-0.4, -0.2) is 52.6 Å². The van der Waals surface area contributed by atoms with Gasteiger partial charge < -0.3 is 14.4 Å². The van der Waals surface area contributed by atoms with E-state index in [2.05, 4.69) is 4.72 Å². The number of nitrogens with one attached hydrogen (secondary N) is 1. The first-order valence-corrected chi connectivity index (χ1v) is 11.0. The summed E-state index contributed by atoms with van der Waals surface area (Å²) in [6.07, 6.45) is 1.47. The third-order valence-electron chi connectivity index (χ3n) is 5.03. The van der Waals surface area contributed by atoms with E-state index in [0.717, 1.165) is 11.3 Å². The van der Waals surface area contributed by atoms with Crippen LogP contribution in [0.2, 0.25) is 0 Å². The van der Waals surface area contributed by atoms with E-state index in [0.29, 0.717) is 38.1 Å². The Kier molecular flexibility index (Phi) is 6.76. The Labute approximate surface area is 171 Å². The molecule has 7 nitrogen and oxygen atoms in total. The third-order valence-corrected chi connectivity index (χ3v) is 6.57. The number of likely N-dealkylation sites (tertiary alicyclic amines) is 1. The number of nitrogens with zero attached hydrogens (tertiary/aromatic N) is 1. The van der Waals surface area contributed by atoms with Crippen molar-refractivity contribution in [3.05, 3.63) is 54.1 Å². The zero-order valence-electron chi connectivity index (χ0n) is 16.6. The van der Waals surface area contributed by atoms with Crippen molar-refractivity contribution in [2.24, 2.45) is 0 Å². The second-order valence-electron chi connectivity index (χ2n) is 6.98. The van der Waals surface area contributed by atoms with E-state index in [1.165, 1.54) is 19.2 Å². The van der Waals surface area contributed by atoms with Crippen LogP contribution in [-0.2, 0) is 21.2 Å². The Morgan fingerprint density at radius 3 is 2.31 bits per heavy atom. The van der Waals surface area contributed by atoms with Crippen LogP contribution in [0.4, 0.5) is 0 Å². The standard InChI is InChI=1S/C21H26N2O5S/c1-27-18-6-8-20(9-7-18)29(25,26)22-17-10-12-23(13-11-17)21(24)15-16-4-3-5-19(14-16)28-2/h3-9,14,17,22H,10-13,15H2,1-2H3. The van der Waals surface area contributed by atoms with E-state index < -0.39 is 10.0 Å². The van der Waals surface area contributed by atoms with Crippen LogP contribution in [0.15, 0.2) is 53.4 Å². The summed E-state index contributed by atoms with van der Waals surface area (Å²) < 4.78 is 38.2. The van der Waals surface area contributed by atoms with Crippen molar-refractivity contribution in [2.45, 2.75) is 30.2 Å². The van der Waals surface area contributed by atoms with Crippen molar-refractivity contribution < 1.29 is 22.7 Å². The zero-order chi connectivity index (χ0) is 20.9. The first-order valence-electron chi connectivity index (χ1n) is 9.48. The number of rotatable bonds is 7. The van der Waals surface area contributed by atoms with Crippen LogP contribution < -0.4 is 14.2 Å². The Morgan fingerprint density at radius 2 is 1.69 bits per heavy atom. The Morgan fingerprint density at radius 1 is 1.03 bits per heavy atom. The van der Waals surface area contributed by atoms with Crippen molar-refractivity contribution >= 4 is 15.9 Å². The maximum absolute atomic E-state index is 12.6. The average molecular weight is 419 g/mol. The number of methoxy groups -OCH3 is 2. The summed E-state index contributed by atoms with van der Waals surface area (Å²) >= 11 is 0. The lowest BCUT2D eigenvalue weighted by Crippen LogP contribution is -2.46. The molecule has 3 rings (SSSR count). The number of benzene rings is 2. The summed E-state index contributed by atoms with van der Waals surface area (Å²) in [6, 6.07) is 13.5. The van der Waals surface area contributed by atoms with Crippen LogP contribution in [0.1, 0.15) is 18.4 Å². The van der Waals surface area contributed by atoms with Crippen molar-refractivity contribution in [1.29, 1.82) is 0 Å². The molecule has 0 unspecified atom stereocenters. The molecule has 1 aliphatic rings. The lowest BCUT2D eigenvalue weighted by molar-refractivity contribution is -0.131. The number of hydrogen-bond donors (Lipinski definition) is 1. The summed E-state index contributed by atoms with van der Waals surface area (Å²) in [5.74, 6) is 1.36. The molecule has 2 aromatic carbocycles. The van der Waals surface area contributed by atoms with E-state index >= 15 is 0 Å². The Balaban J connectivity index is 1.53. The van der Waals surface area contributed by atoms with Gasteiger partial charge in [-0.15, -0.1) is 0 Å². The predicted molar refractivity (Wildman–Crippen MR) is 110 cm³/mol. The normalized spacial score (nSPS) is 15.2. The number of sulfonamides is 1. The van der Waals surface area contributed by atoms with E-state index in [4.69, 9.17) is 9.47 Å². The highest BCUT2D eigenvalue weighted by Crippen LogP contribution is 2.19. The van der Waals surface area contributed by atoms with Crippen LogP contribution in [0.3, 0.4) is 0 Å². The van der Waals surface area contributed by atoms with Crippen LogP contribution in [0, 0.1) is 0 Å². The molecule has 0 radical (unpaired) electrons. The molecule has 2 aromatic rings. The largest absolute Gasteiger partial charge is 0.497 e.